The third kappa shape index (κ3) is 7.87. The van der Waals surface area contributed by atoms with E-state index in [4.69, 9.17) is 0 Å². The zero-order valence-corrected chi connectivity index (χ0v) is 20.4. The van der Waals surface area contributed by atoms with E-state index in [0.717, 1.165) is 35.1 Å². The Hall–Kier alpha value is -3.40. The van der Waals surface area contributed by atoms with Crippen molar-refractivity contribution >= 4 is 11.8 Å². The maximum atomic E-state index is 13.6. The van der Waals surface area contributed by atoms with Gasteiger partial charge in [0.25, 0.3) is 0 Å². The van der Waals surface area contributed by atoms with Crippen LogP contribution in [0.1, 0.15) is 48.4 Å². The predicted octanol–water partition coefficient (Wildman–Crippen LogP) is 5.48. The molecule has 0 spiro atoms. The smallest absolute Gasteiger partial charge is 0.243 e. The van der Waals surface area contributed by atoms with Gasteiger partial charge in [-0.05, 0) is 36.5 Å². The zero-order valence-electron chi connectivity index (χ0n) is 20.4. The van der Waals surface area contributed by atoms with Crippen LogP contribution in [0.15, 0.2) is 84.9 Å². The number of amides is 2. The number of unbranched alkanes of at least 4 members (excludes halogenated alkanes) is 1. The van der Waals surface area contributed by atoms with Gasteiger partial charge in [0.15, 0.2) is 0 Å². The molecule has 2 amide bonds. The van der Waals surface area contributed by atoms with Crippen molar-refractivity contribution in [2.75, 3.05) is 6.54 Å². The predicted molar refractivity (Wildman–Crippen MR) is 138 cm³/mol. The standard InChI is InChI=1S/C30H36N2O2/c1-3-4-20-31-30(34)28(22-26-15-9-6-10-16-26)32(23-27-17-11-12-24(2)21-27)29(33)19-18-25-13-7-5-8-14-25/h5-17,21,28H,3-4,18-20,22-23H2,1-2H3,(H,31,34)/t28-/m0/s1. The van der Waals surface area contributed by atoms with Crippen molar-refractivity contribution in [3.63, 3.8) is 0 Å². The molecule has 3 aromatic carbocycles. The second-order valence-corrected chi connectivity index (χ2v) is 8.85. The van der Waals surface area contributed by atoms with Gasteiger partial charge < -0.3 is 10.2 Å². The van der Waals surface area contributed by atoms with Gasteiger partial charge in [0, 0.05) is 25.9 Å². The topological polar surface area (TPSA) is 49.4 Å². The zero-order chi connectivity index (χ0) is 24.2. The molecule has 178 valence electrons. The molecule has 0 fully saturated rings. The summed E-state index contributed by atoms with van der Waals surface area (Å²) in [5, 5.41) is 3.08. The number of benzene rings is 3. The Kier molecular flexibility index (Phi) is 9.90. The van der Waals surface area contributed by atoms with Crippen LogP contribution in [0.4, 0.5) is 0 Å². The summed E-state index contributed by atoms with van der Waals surface area (Å²) in [5.41, 5.74) is 4.34. The lowest BCUT2D eigenvalue weighted by Gasteiger charge is -2.32. The highest BCUT2D eigenvalue weighted by molar-refractivity contribution is 5.88. The van der Waals surface area contributed by atoms with E-state index in [2.05, 4.69) is 18.3 Å². The molecule has 0 bridgehead atoms. The van der Waals surface area contributed by atoms with E-state index in [1.165, 1.54) is 0 Å². The summed E-state index contributed by atoms with van der Waals surface area (Å²) in [6, 6.07) is 27.6. The number of carbonyl (C=O) groups is 2. The van der Waals surface area contributed by atoms with Gasteiger partial charge in [-0.15, -0.1) is 0 Å². The fourth-order valence-electron chi connectivity index (χ4n) is 4.11. The van der Waals surface area contributed by atoms with Gasteiger partial charge in [-0.1, -0.05) is 104 Å². The lowest BCUT2D eigenvalue weighted by atomic mass is 10.0. The van der Waals surface area contributed by atoms with Gasteiger partial charge in [0.2, 0.25) is 11.8 Å². The van der Waals surface area contributed by atoms with Gasteiger partial charge in [0.1, 0.15) is 6.04 Å². The van der Waals surface area contributed by atoms with Crippen molar-refractivity contribution < 1.29 is 9.59 Å². The van der Waals surface area contributed by atoms with Gasteiger partial charge in [-0.2, -0.15) is 0 Å². The monoisotopic (exact) mass is 456 g/mol. The molecule has 3 aromatic rings. The molecule has 4 heteroatoms. The summed E-state index contributed by atoms with van der Waals surface area (Å²) in [4.78, 5) is 28.8. The fourth-order valence-corrected chi connectivity index (χ4v) is 4.11. The van der Waals surface area contributed by atoms with Gasteiger partial charge in [-0.25, -0.2) is 0 Å². The minimum Gasteiger partial charge on any atom is -0.354 e. The summed E-state index contributed by atoms with van der Waals surface area (Å²) in [6.45, 7) is 5.18. The molecule has 4 nitrogen and oxygen atoms in total. The van der Waals surface area contributed by atoms with E-state index in [1.54, 1.807) is 4.90 Å². The number of hydrogen-bond acceptors (Lipinski definition) is 2. The minimum atomic E-state index is -0.567. The lowest BCUT2D eigenvalue weighted by Crippen LogP contribution is -2.50. The largest absolute Gasteiger partial charge is 0.354 e. The third-order valence-electron chi connectivity index (χ3n) is 6.01. The first-order valence-corrected chi connectivity index (χ1v) is 12.3. The van der Waals surface area contributed by atoms with Crippen LogP contribution < -0.4 is 5.32 Å². The molecule has 0 unspecified atom stereocenters. The van der Waals surface area contributed by atoms with Crippen LogP contribution in [0.2, 0.25) is 0 Å². The number of rotatable bonds is 12. The van der Waals surface area contributed by atoms with Crippen LogP contribution in [-0.4, -0.2) is 29.3 Å². The Bertz CT molecular complexity index is 1030. The first-order chi connectivity index (χ1) is 16.6. The van der Waals surface area contributed by atoms with Gasteiger partial charge in [0.05, 0.1) is 0 Å². The fraction of sp³-hybridized carbons (Fsp3) is 0.333. The lowest BCUT2D eigenvalue weighted by molar-refractivity contribution is -0.141. The number of hydrogen-bond donors (Lipinski definition) is 1. The SMILES string of the molecule is CCCCNC(=O)[C@H](Cc1ccccc1)N(Cc1cccc(C)c1)C(=O)CCc1ccccc1. The summed E-state index contributed by atoms with van der Waals surface area (Å²) in [7, 11) is 0. The van der Waals surface area contributed by atoms with E-state index in [1.807, 2.05) is 85.8 Å². The van der Waals surface area contributed by atoms with E-state index in [9.17, 15) is 9.59 Å². The molecule has 1 N–H and O–H groups in total. The molecule has 3 rings (SSSR count). The normalized spacial score (nSPS) is 11.6. The molecule has 0 aliphatic carbocycles. The highest BCUT2D eigenvalue weighted by Crippen LogP contribution is 2.17. The highest BCUT2D eigenvalue weighted by atomic mass is 16.2. The van der Waals surface area contributed by atoms with Gasteiger partial charge >= 0.3 is 0 Å². The molecule has 0 aliphatic rings. The first kappa shape index (κ1) is 25.2. The summed E-state index contributed by atoms with van der Waals surface area (Å²) in [6.07, 6.45) is 3.43. The number of nitrogens with zero attached hydrogens (tertiary/aromatic N) is 1. The molecule has 1 atom stereocenters. The van der Waals surface area contributed by atoms with Crippen LogP contribution in [-0.2, 0) is 29.0 Å². The summed E-state index contributed by atoms with van der Waals surface area (Å²) in [5.74, 6) is -0.0880. The molecular formula is C30H36N2O2. The van der Waals surface area contributed by atoms with Crippen molar-refractivity contribution in [3.8, 4) is 0 Å². The molecule has 0 radical (unpaired) electrons. The van der Waals surface area contributed by atoms with Crippen molar-refractivity contribution in [1.29, 1.82) is 0 Å². The van der Waals surface area contributed by atoms with Crippen molar-refractivity contribution in [2.45, 2.75) is 58.5 Å². The quantitative estimate of drug-likeness (QED) is 0.367. The average molecular weight is 457 g/mol. The van der Waals surface area contributed by atoms with Crippen molar-refractivity contribution in [3.05, 3.63) is 107 Å². The number of aryl methyl sites for hydroxylation is 2. The molecule has 0 heterocycles. The Labute approximate surface area is 204 Å². The van der Waals surface area contributed by atoms with E-state index in [-0.39, 0.29) is 11.8 Å². The molecule has 34 heavy (non-hydrogen) atoms. The second-order valence-electron chi connectivity index (χ2n) is 8.85. The van der Waals surface area contributed by atoms with E-state index >= 15 is 0 Å². The van der Waals surface area contributed by atoms with E-state index in [0.29, 0.717) is 32.4 Å². The van der Waals surface area contributed by atoms with Crippen molar-refractivity contribution in [2.24, 2.45) is 0 Å². The molecular weight excluding hydrogens is 420 g/mol. The number of carbonyl (C=O) groups excluding carboxylic acids is 2. The Balaban J connectivity index is 1.87. The van der Waals surface area contributed by atoms with Crippen LogP contribution in [0.3, 0.4) is 0 Å². The third-order valence-corrected chi connectivity index (χ3v) is 6.01. The van der Waals surface area contributed by atoms with Crippen molar-refractivity contribution in [1.82, 2.24) is 10.2 Å². The summed E-state index contributed by atoms with van der Waals surface area (Å²) < 4.78 is 0. The number of nitrogens with one attached hydrogen (secondary N) is 1. The first-order valence-electron chi connectivity index (χ1n) is 12.3. The molecule has 0 aliphatic heterocycles. The molecule has 0 saturated heterocycles. The average Bonchev–Trinajstić information content (AvgIpc) is 2.86. The molecule has 0 saturated carbocycles. The van der Waals surface area contributed by atoms with E-state index < -0.39 is 6.04 Å². The molecule has 0 aromatic heterocycles. The minimum absolute atomic E-state index is 0.00284. The van der Waals surface area contributed by atoms with Crippen LogP contribution in [0.25, 0.3) is 0 Å². The van der Waals surface area contributed by atoms with Gasteiger partial charge in [-0.3, -0.25) is 9.59 Å². The second kappa shape index (κ2) is 13.3. The highest BCUT2D eigenvalue weighted by Gasteiger charge is 2.30. The Morgan fingerprint density at radius 3 is 2.15 bits per heavy atom. The Morgan fingerprint density at radius 2 is 1.50 bits per heavy atom. The maximum absolute atomic E-state index is 13.6. The van der Waals surface area contributed by atoms with Crippen LogP contribution >= 0.6 is 0 Å². The van der Waals surface area contributed by atoms with Crippen LogP contribution in [0, 0.1) is 6.92 Å². The Morgan fingerprint density at radius 1 is 0.853 bits per heavy atom. The maximum Gasteiger partial charge on any atom is 0.243 e. The van der Waals surface area contributed by atoms with Crippen LogP contribution in [0.5, 0.6) is 0 Å². The summed E-state index contributed by atoms with van der Waals surface area (Å²) >= 11 is 0.